The minimum atomic E-state index is -0.974. The Labute approximate surface area is 133 Å². The van der Waals surface area contributed by atoms with Crippen LogP contribution in [0.25, 0.3) is 0 Å². The highest BCUT2D eigenvalue weighted by Gasteiger charge is 2.16. The SMILES string of the molecule is Cc1cc(=O)c(O)c(CN(C)CC(=O)O)n1Cc1ccccn1. The Morgan fingerprint density at radius 3 is 2.74 bits per heavy atom. The molecular weight excluding hydrogens is 298 g/mol. The molecule has 0 radical (unpaired) electrons. The van der Waals surface area contributed by atoms with Crippen LogP contribution in [0, 0.1) is 6.92 Å². The summed E-state index contributed by atoms with van der Waals surface area (Å²) >= 11 is 0. The van der Waals surface area contributed by atoms with Crippen molar-refractivity contribution in [3.05, 3.63) is 57.8 Å². The fourth-order valence-corrected chi connectivity index (χ4v) is 2.40. The van der Waals surface area contributed by atoms with Crippen LogP contribution in [0.1, 0.15) is 17.1 Å². The van der Waals surface area contributed by atoms with Crippen molar-refractivity contribution in [1.82, 2.24) is 14.5 Å². The molecule has 0 spiro atoms. The van der Waals surface area contributed by atoms with Crippen LogP contribution in [0.15, 0.2) is 35.3 Å². The maximum absolute atomic E-state index is 11.9. The summed E-state index contributed by atoms with van der Waals surface area (Å²) in [6, 6.07) is 6.87. The van der Waals surface area contributed by atoms with E-state index in [9.17, 15) is 14.7 Å². The van der Waals surface area contributed by atoms with E-state index in [1.54, 1.807) is 30.8 Å². The molecule has 0 saturated carbocycles. The number of pyridine rings is 2. The van der Waals surface area contributed by atoms with E-state index in [0.29, 0.717) is 17.9 Å². The lowest BCUT2D eigenvalue weighted by Crippen LogP contribution is -2.28. The number of carboxylic acid groups (broad SMARTS) is 1. The van der Waals surface area contributed by atoms with Crippen LogP contribution in [0.5, 0.6) is 5.75 Å². The molecule has 0 amide bonds. The number of aromatic hydroxyl groups is 1. The molecule has 2 aromatic rings. The van der Waals surface area contributed by atoms with Gasteiger partial charge in [0, 0.05) is 24.5 Å². The lowest BCUT2D eigenvalue weighted by molar-refractivity contribution is -0.138. The highest BCUT2D eigenvalue weighted by atomic mass is 16.4. The molecule has 7 nitrogen and oxygen atoms in total. The molecule has 2 aromatic heterocycles. The van der Waals surface area contributed by atoms with Gasteiger partial charge in [-0.3, -0.25) is 19.5 Å². The number of likely N-dealkylation sites (N-methyl/N-ethyl adjacent to an activating group) is 1. The van der Waals surface area contributed by atoms with Crippen molar-refractivity contribution in [2.24, 2.45) is 0 Å². The summed E-state index contributed by atoms with van der Waals surface area (Å²) in [4.78, 5) is 28.4. The molecule has 0 fully saturated rings. The van der Waals surface area contributed by atoms with Crippen LogP contribution in [-0.2, 0) is 17.9 Å². The van der Waals surface area contributed by atoms with E-state index in [4.69, 9.17) is 5.11 Å². The average Bonchev–Trinajstić information content (AvgIpc) is 2.48. The van der Waals surface area contributed by atoms with E-state index in [1.165, 1.54) is 11.0 Å². The van der Waals surface area contributed by atoms with Gasteiger partial charge in [-0.15, -0.1) is 0 Å². The Kier molecular flexibility index (Phi) is 5.13. The van der Waals surface area contributed by atoms with Gasteiger partial charge in [0.25, 0.3) is 0 Å². The van der Waals surface area contributed by atoms with Crippen molar-refractivity contribution < 1.29 is 15.0 Å². The summed E-state index contributed by atoms with van der Waals surface area (Å²) in [6.45, 7) is 2.11. The molecule has 7 heteroatoms. The Morgan fingerprint density at radius 1 is 1.39 bits per heavy atom. The first-order valence-corrected chi connectivity index (χ1v) is 7.11. The number of nitrogens with zero attached hydrogens (tertiary/aromatic N) is 3. The second kappa shape index (κ2) is 7.06. The Hall–Kier alpha value is -2.67. The highest BCUT2D eigenvalue weighted by molar-refractivity contribution is 5.69. The molecule has 2 heterocycles. The number of hydrogen-bond acceptors (Lipinski definition) is 5. The van der Waals surface area contributed by atoms with Crippen molar-refractivity contribution in [3.63, 3.8) is 0 Å². The van der Waals surface area contributed by atoms with E-state index in [0.717, 1.165) is 5.69 Å². The summed E-state index contributed by atoms with van der Waals surface area (Å²) < 4.78 is 1.78. The number of carboxylic acids is 1. The van der Waals surface area contributed by atoms with E-state index >= 15 is 0 Å². The zero-order valence-electron chi connectivity index (χ0n) is 13.1. The molecule has 0 atom stereocenters. The molecule has 0 aliphatic carbocycles. The number of aryl methyl sites for hydroxylation is 1. The first kappa shape index (κ1) is 16.7. The monoisotopic (exact) mass is 317 g/mol. The number of aromatic nitrogens is 2. The molecule has 2 N–H and O–H groups in total. The molecule has 2 rings (SSSR count). The standard InChI is InChI=1S/C16H19N3O4/c1-11-7-14(20)16(23)13(9-18(2)10-15(21)22)19(11)8-12-5-3-4-6-17-12/h3-7,23H,8-10H2,1-2H3,(H,21,22). The fourth-order valence-electron chi connectivity index (χ4n) is 2.40. The molecule has 0 saturated heterocycles. The van der Waals surface area contributed by atoms with Gasteiger partial charge in [-0.1, -0.05) is 6.07 Å². The predicted molar refractivity (Wildman–Crippen MR) is 84.4 cm³/mol. The molecule has 23 heavy (non-hydrogen) atoms. The van der Waals surface area contributed by atoms with Crippen molar-refractivity contribution in [3.8, 4) is 5.75 Å². The third kappa shape index (κ3) is 4.17. The minimum absolute atomic E-state index is 0.141. The summed E-state index contributed by atoms with van der Waals surface area (Å²) in [6.07, 6.45) is 1.67. The highest BCUT2D eigenvalue weighted by Crippen LogP contribution is 2.17. The van der Waals surface area contributed by atoms with Gasteiger partial charge in [0.05, 0.1) is 24.5 Å². The minimum Gasteiger partial charge on any atom is -0.503 e. The van der Waals surface area contributed by atoms with Gasteiger partial charge in [0.1, 0.15) is 0 Å². The zero-order valence-corrected chi connectivity index (χ0v) is 13.1. The number of hydrogen-bond donors (Lipinski definition) is 2. The van der Waals surface area contributed by atoms with Crippen molar-refractivity contribution in [1.29, 1.82) is 0 Å². The summed E-state index contributed by atoms with van der Waals surface area (Å²) in [5, 5.41) is 19.0. The Balaban J connectivity index is 2.41. The molecule has 0 aliphatic rings. The first-order valence-electron chi connectivity index (χ1n) is 7.11. The lowest BCUT2D eigenvalue weighted by Gasteiger charge is -2.21. The van der Waals surface area contributed by atoms with Crippen LogP contribution >= 0.6 is 0 Å². The van der Waals surface area contributed by atoms with Crippen molar-refractivity contribution in [2.75, 3.05) is 13.6 Å². The molecular formula is C16H19N3O4. The molecule has 122 valence electrons. The quantitative estimate of drug-likeness (QED) is 0.819. The maximum Gasteiger partial charge on any atom is 0.317 e. The van der Waals surface area contributed by atoms with Gasteiger partial charge in [0.15, 0.2) is 5.75 Å². The summed E-state index contributed by atoms with van der Waals surface area (Å²) in [5.74, 6) is -1.33. The smallest absolute Gasteiger partial charge is 0.317 e. The maximum atomic E-state index is 11.9. The topological polar surface area (TPSA) is 95.7 Å². The van der Waals surface area contributed by atoms with E-state index in [2.05, 4.69) is 4.98 Å². The van der Waals surface area contributed by atoms with Gasteiger partial charge in [0.2, 0.25) is 5.43 Å². The van der Waals surface area contributed by atoms with E-state index in [-0.39, 0.29) is 18.8 Å². The average molecular weight is 317 g/mol. The van der Waals surface area contributed by atoms with Gasteiger partial charge in [-0.25, -0.2) is 0 Å². The second-order valence-corrected chi connectivity index (χ2v) is 5.42. The number of carbonyl (C=O) groups is 1. The van der Waals surface area contributed by atoms with Crippen LogP contribution in [0.3, 0.4) is 0 Å². The van der Waals surface area contributed by atoms with Gasteiger partial charge in [-0.05, 0) is 26.1 Å². The van der Waals surface area contributed by atoms with Crippen LogP contribution in [0.4, 0.5) is 0 Å². The summed E-state index contributed by atoms with van der Waals surface area (Å²) in [7, 11) is 1.62. The van der Waals surface area contributed by atoms with Gasteiger partial charge < -0.3 is 14.8 Å². The number of rotatable bonds is 6. The van der Waals surface area contributed by atoms with Crippen LogP contribution in [-0.4, -0.2) is 44.2 Å². The van der Waals surface area contributed by atoms with E-state index in [1.807, 2.05) is 12.1 Å². The molecule has 0 aromatic carbocycles. The van der Waals surface area contributed by atoms with Crippen LogP contribution in [0.2, 0.25) is 0 Å². The normalized spacial score (nSPS) is 10.9. The molecule has 0 unspecified atom stereocenters. The second-order valence-electron chi connectivity index (χ2n) is 5.42. The lowest BCUT2D eigenvalue weighted by atomic mass is 10.2. The van der Waals surface area contributed by atoms with Crippen molar-refractivity contribution >= 4 is 5.97 Å². The summed E-state index contributed by atoms with van der Waals surface area (Å²) in [5.41, 5.74) is 1.36. The van der Waals surface area contributed by atoms with Gasteiger partial charge in [-0.2, -0.15) is 0 Å². The first-order chi connectivity index (χ1) is 10.9. The fraction of sp³-hybridized carbons (Fsp3) is 0.312. The zero-order chi connectivity index (χ0) is 17.0. The Bertz CT molecular complexity index is 756. The number of aliphatic carboxylic acids is 1. The van der Waals surface area contributed by atoms with Crippen molar-refractivity contribution in [2.45, 2.75) is 20.0 Å². The molecule has 0 aliphatic heterocycles. The molecule has 0 bridgehead atoms. The largest absolute Gasteiger partial charge is 0.503 e. The predicted octanol–water partition coefficient (Wildman–Crippen LogP) is 0.822. The van der Waals surface area contributed by atoms with Crippen LogP contribution < -0.4 is 5.43 Å². The third-order valence-electron chi connectivity index (χ3n) is 3.47. The Morgan fingerprint density at radius 2 is 2.13 bits per heavy atom. The van der Waals surface area contributed by atoms with Gasteiger partial charge >= 0.3 is 5.97 Å². The third-order valence-corrected chi connectivity index (χ3v) is 3.47. The van der Waals surface area contributed by atoms with E-state index < -0.39 is 11.4 Å².